The van der Waals surface area contributed by atoms with Crippen molar-refractivity contribution in [3.63, 3.8) is 0 Å². The van der Waals surface area contributed by atoms with Crippen LogP contribution in [0.15, 0.2) is 27.8 Å². The minimum absolute atomic E-state index is 0.0349. The number of halogens is 1. The maximum absolute atomic E-state index is 12.0. The van der Waals surface area contributed by atoms with Crippen molar-refractivity contribution in [3.8, 4) is 11.8 Å². The molecule has 0 amide bonds. The minimum atomic E-state index is -3.53. The molecule has 8 heteroatoms. The summed E-state index contributed by atoms with van der Waals surface area (Å²) in [5.74, 6) is 5.73. The second-order valence-electron chi connectivity index (χ2n) is 3.96. The molecule has 21 heavy (non-hydrogen) atoms. The van der Waals surface area contributed by atoms with Crippen molar-refractivity contribution in [3.05, 3.63) is 38.4 Å². The fraction of sp³-hybridized carbons (Fsp3) is 0.231. The first kappa shape index (κ1) is 16.5. The molecule has 2 aromatic heterocycles. The molecule has 0 unspecified atom stereocenters. The van der Waals surface area contributed by atoms with E-state index < -0.39 is 10.0 Å². The monoisotopic (exact) mass is 361 g/mol. The first-order chi connectivity index (χ1) is 10.0. The number of hydrogen-bond acceptors (Lipinski definition) is 5. The SMILES string of the molecule is O=S(=O)(NCc1cc(C#CCCO)cs1)c1ccc(Cl)s1. The predicted molar refractivity (Wildman–Crippen MR) is 86.3 cm³/mol. The van der Waals surface area contributed by atoms with Crippen LogP contribution in [0, 0.1) is 11.8 Å². The molecule has 2 N–H and O–H groups in total. The molecular formula is C13H12ClNO3S3. The van der Waals surface area contributed by atoms with Crippen LogP contribution in [0.1, 0.15) is 16.9 Å². The summed E-state index contributed by atoms with van der Waals surface area (Å²) in [5, 5.41) is 10.5. The highest BCUT2D eigenvalue weighted by Gasteiger charge is 2.16. The van der Waals surface area contributed by atoms with E-state index in [1.165, 1.54) is 17.4 Å². The summed E-state index contributed by atoms with van der Waals surface area (Å²) in [6.45, 7) is 0.247. The van der Waals surface area contributed by atoms with Gasteiger partial charge in [-0.15, -0.1) is 22.7 Å². The van der Waals surface area contributed by atoms with Crippen LogP contribution in [0.2, 0.25) is 4.34 Å². The number of thiophene rings is 2. The number of nitrogens with one attached hydrogen (secondary N) is 1. The quantitative estimate of drug-likeness (QED) is 0.804. The Bertz CT molecular complexity index is 768. The molecule has 0 aliphatic heterocycles. The van der Waals surface area contributed by atoms with Crippen molar-refractivity contribution in [1.82, 2.24) is 4.72 Å². The van der Waals surface area contributed by atoms with Crippen LogP contribution in [0.3, 0.4) is 0 Å². The Balaban J connectivity index is 1.99. The molecule has 0 atom stereocenters. The van der Waals surface area contributed by atoms with E-state index in [-0.39, 0.29) is 17.4 Å². The topological polar surface area (TPSA) is 66.4 Å². The molecule has 0 aliphatic carbocycles. The van der Waals surface area contributed by atoms with E-state index in [0.29, 0.717) is 10.8 Å². The van der Waals surface area contributed by atoms with E-state index in [1.54, 1.807) is 6.07 Å². The Morgan fingerprint density at radius 2 is 2.19 bits per heavy atom. The summed E-state index contributed by atoms with van der Waals surface area (Å²) in [4.78, 5) is 0.870. The molecule has 0 fully saturated rings. The summed E-state index contributed by atoms with van der Waals surface area (Å²) in [6.07, 6.45) is 0.428. The standard InChI is InChI=1S/C13H12ClNO3S3/c14-12-4-5-13(20-12)21(17,18)15-8-11-7-10(9-19-11)3-1-2-6-16/h4-5,7,9,15-16H,2,6,8H2. The normalized spacial score (nSPS) is 11.1. The highest BCUT2D eigenvalue weighted by molar-refractivity contribution is 7.91. The average Bonchev–Trinajstić information content (AvgIpc) is 3.06. The Morgan fingerprint density at radius 3 is 2.86 bits per heavy atom. The maximum atomic E-state index is 12.0. The molecule has 0 aromatic carbocycles. The third-order valence-corrected chi connectivity index (χ3v) is 6.43. The number of hydrogen-bond donors (Lipinski definition) is 2. The van der Waals surface area contributed by atoms with Gasteiger partial charge >= 0.3 is 0 Å². The molecule has 112 valence electrons. The number of aliphatic hydroxyl groups is 1. The van der Waals surface area contributed by atoms with Gasteiger partial charge in [0.1, 0.15) is 4.21 Å². The highest BCUT2D eigenvalue weighted by Crippen LogP contribution is 2.25. The van der Waals surface area contributed by atoms with Gasteiger partial charge in [0, 0.05) is 28.8 Å². The van der Waals surface area contributed by atoms with Gasteiger partial charge in [-0.25, -0.2) is 13.1 Å². The molecule has 2 heterocycles. The summed E-state index contributed by atoms with van der Waals surface area (Å²) < 4.78 is 27.2. The van der Waals surface area contributed by atoms with Crippen molar-refractivity contribution < 1.29 is 13.5 Å². The van der Waals surface area contributed by atoms with E-state index in [0.717, 1.165) is 21.8 Å². The number of sulfonamides is 1. The molecule has 0 spiro atoms. The molecular weight excluding hydrogens is 350 g/mol. The lowest BCUT2D eigenvalue weighted by Crippen LogP contribution is -2.21. The summed E-state index contributed by atoms with van der Waals surface area (Å²) in [7, 11) is -3.53. The van der Waals surface area contributed by atoms with Crippen LogP contribution in [-0.4, -0.2) is 20.1 Å². The minimum Gasteiger partial charge on any atom is -0.395 e. The van der Waals surface area contributed by atoms with Crippen molar-refractivity contribution in [2.45, 2.75) is 17.2 Å². The highest BCUT2D eigenvalue weighted by atomic mass is 35.5. The van der Waals surface area contributed by atoms with E-state index in [4.69, 9.17) is 16.7 Å². The molecule has 0 aliphatic rings. The van der Waals surface area contributed by atoms with Gasteiger partial charge < -0.3 is 5.11 Å². The second-order valence-corrected chi connectivity index (χ2v) is 8.66. The first-order valence-corrected chi connectivity index (χ1v) is 9.49. The average molecular weight is 362 g/mol. The number of rotatable bonds is 5. The van der Waals surface area contributed by atoms with Gasteiger partial charge in [-0.1, -0.05) is 23.4 Å². The van der Waals surface area contributed by atoms with Crippen molar-refractivity contribution in [1.29, 1.82) is 0 Å². The lowest BCUT2D eigenvalue weighted by atomic mass is 10.3. The zero-order valence-corrected chi connectivity index (χ0v) is 14.0. The van der Waals surface area contributed by atoms with E-state index in [1.807, 2.05) is 11.4 Å². The Labute approximate surface area is 136 Å². The molecule has 0 saturated heterocycles. The van der Waals surface area contributed by atoms with E-state index in [9.17, 15) is 8.42 Å². The van der Waals surface area contributed by atoms with Crippen molar-refractivity contribution in [2.75, 3.05) is 6.61 Å². The van der Waals surface area contributed by atoms with Crippen LogP contribution < -0.4 is 4.72 Å². The zero-order valence-electron chi connectivity index (χ0n) is 10.8. The Hall–Kier alpha value is -0.880. The molecule has 0 saturated carbocycles. The van der Waals surface area contributed by atoms with Crippen molar-refractivity contribution in [2.24, 2.45) is 0 Å². The maximum Gasteiger partial charge on any atom is 0.250 e. The molecule has 0 radical (unpaired) electrons. The van der Waals surface area contributed by atoms with Crippen LogP contribution in [0.25, 0.3) is 0 Å². The van der Waals surface area contributed by atoms with Gasteiger partial charge in [0.15, 0.2) is 0 Å². The largest absolute Gasteiger partial charge is 0.395 e. The van der Waals surface area contributed by atoms with Gasteiger partial charge in [0.2, 0.25) is 10.0 Å². The van der Waals surface area contributed by atoms with Crippen LogP contribution in [0.4, 0.5) is 0 Å². The fourth-order valence-corrected chi connectivity index (χ4v) is 4.82. The first-order valence-electron chi connectivity index (χ1n) is 5.93. The molecule has 0 bridgehead atoms. The summed E-state index contributed by atoms with van der Waals surface area (Å²) in [6, 6.07) is 4.87. The third kappa shape index (κ3) is 4.81. The smallest absolute Gasteiger partial charge is 0.250 e. The Morgan fingerprint density at radius 1 is 1.38 bits per heavy atom. The molecule has 4 nitrogen and oxygen atoms in total. The van der Waals surface area contributed by atoms with Gasteiger partial charge in [-0.2, -0.15) is 0 Å². The van der Waals surface area contributed by atoms with Gasteiger partial charge in [0.25, 0.3) is 0 Å². The summed E-state index contributed by atoms with van der Waals surface area (Å²) >= 11 is 8.20. The van der Waals surface area contributed by atoms with Crippen molar-refractivity contribution >= 4 is 44.3 Å². The van der Waals surface area contributed by atoms with E-state index in [2.05, 4.69) is 16.6 Å². The zero-order chi connectivity index (χ0) is 15.3. The predicted octanol–water partition coefficient (Wildman–Crippen LogP) is 2.68. The van der Waals surface area contributed by atoms with E-state index >= 15 is 0 Å². The Kier molecular flexibility index (Phi) is 5.81. The lowest BCUT2D eigenvalue weighted by Gasteiger charge is -2.02. The van der Waals surface area contributed by atoms with Gasteiger partial charge in [0.05, 0.1) is 10.9 Å². The third-order valence-electron chi connectivity index (χ3n) is 2.37. The van der Waals surface area contributed by atoms with Crippen LogP contribution >= 0.6 is 34.3 Å². The molecule has 2 aromatic rings. The lowest BCUT2D eigenvalue weighted by molar-refractivity contribution is 0.305. The van der Waals surface area contributed by atoms with Crippen LogP contribution in [-0.2, 0) is 16.6 Å². The molecule has 2 rings (SSSR count). The number of aliphatic hydroxyl groups excluding tert-OH is 1. The van der Waals surface area contributed by atoms with Gasteiger partial charge in [-0.3, -0.25) is 0 Å². The van der Waals surface area contributed by atoms with Gasteiger partial charge in [-0.05, 0) is 18.2 Å². The summed E-state index contributed by atoms with van der Waals surface area (Å²) in [5.41, 5.74) is 0.821. The fourth-order valence-electron chi connectivity index (χ4n) is 1.44. The van der Waals surface area contributed by atoms with Crippen LogP contribution in [0.5, 0.6) is 0 Å². The second kappa shape index (κ2) is 7.40.